The summed E-state index contributed by atoms with van der Waals surface area (Å²) in [6.07, 6.45) is 5.63. The van der Waals surface area contributed by atoms with Crippen LogP contribution in [0.3, 0.4) is 0 Å². The predicted octanol–water partition coefficient (Wildman–Crippen LogP) is 1.04. The minimum absolute atomic E-state index is 0.716. The maximum atomic E-state index is 5.64. The van der Waals surface area contributed by atoms with Crippen molar-refractivity contribution in [2.45, 2.75) is 26.3 Å². The number of rotatable bonds is 5. The lowest BCUT2D eigenvalue weighted by molar-refractivity contribution is 0.625. The Hall–Kier alpha value is -1.32. The molecule has 0 aliphatic carbocycles. The highest BCUT2D eigenvalue weighted by molar-refractivity contribution is 5.80. The van der Waals surface area contributed by atoms with Crippen molar-refractivity contribution < 1.29 is 0 Å². The van der Waals surface area contributed by atoms with Gasteiger partial charge in [-0.05, 0) is 12.5 Å². The van der Waals surface area contributed by atoms with Crippen molar-refractivity contribution in [1.82, 2.24) is 9.78 Å². The molecule has 72 valence electrons. The molecule has 0 saturated heterocycles. The third-order valence-electron chi connectivity index (χ3n) is 1.71. The van der Waals surface area contributed by atoms with Gasteiger partial charge in [-0.15, -0.1) is 0 Å². The Morgan fingerprint density at radius 1 is 1.62 bits per heavy atom. The van der Waals surface area contributed by atoms with Crippen LogP contribution in [0.5, 0.6) is 0 Å². The average Bonchev–Trinajstić information content (AvgIpc) is 2.57. The number of aromatic nitrogens is 2. The lowest BCUT2D eigenvalue weighted by Crippen LogP contribution is -2.13. The zero-order valence-electron chi connectivity index (χ0n) is 7.98. The SMILES string of the molecule is CCCC(N)=NCCn1cccn1. The highest BCUT2D eigenvalue weighted by Crippen LogP contribution is 1.88. The Bertz CT molecular complexity index is 251. The maximum Gasteiger partial charge on any atom is 0.0937 e. The lowest BCUT2D eigenvalue weighted by Gasteiger charge is -1.99. The molecule has 1 aromatic heterocycles. The van der Waals surface area contributed by atoms with Gasteiger partial charge in [0.05, 0.1) is 18.9 Å². The minimum atomic E-state index is 0.716. The molecule has 1 heterocycles. The van der Waals surface area contributed by atoms with Gasteiger partial charge in [0, 0.05) is 18.8 Å². The topological polar surface area (TPSA) is 56.2 Å². The molecule has 0 aliphatic heterocycles. The summed E-state index contributed by atoms with van der Waals surface area (Å²) in [6, 6.07) is 1.90. The monoisotopic (exact) mass is 180 g/mol. The smallest absolute Gasteiger partial charge is 0.0937 e. The molecular weight excluding hydrogens is 164 g/mol. The molecule has 0 amide bonds. The zero-order valence-corrected chi connectivity index (χ0v) is 7.98. The molecule has 0 unspecified atom stereocenters. The van der Waals surface area contributed by atoms with E-state index in [1.807, 2.05) is 16.9 Å². The summed E-state index contributed by atoms with van der Waals surface area (Å²) in [5.74, 6) is 0.745. The van der Waals surface area contributed by atoms with E-state index in [0.717, 1.165) is 25.2 Å². The lowest BCUT2D eigenvalue weighted by atomic mass is 10.3. The van der Waals surface area contributed by atoms with Gasteiger partial charge < -0.3 is 5.73 Å². The van der Waals surface area contributed by atoms with E-state index in [1.54, 1.807) is 6.20 Å². The molecule has 0 bridgehead atoms. The number of nitrogens with zero attached hydrogens (tertiary/aromatic N) is 3. The molecule has 0 radical (unpaired) electrons. The third-order valence-corrected chi connectivity index (χ3v) is 1.71. The fraction of sp³-hybridized carbons (Fsp3) is 0.556. The number of hydrogen-bond acceptors (Lipinski definition) is 2. The van der Waals surface area contributed by atoms with Crippen LogP contribution in [0, 0.1) is 0 Å². The van der Waals surface area contributed by atoms with Gasteiger partial charge in [0.25, 0.3) is 0 Å². The number of amidine groups is 1. The normalized spacial score (nSPS) is 11.9. The standard InChI is InChI=1S/C9H16N4/c1-2-4-9(10)11-6-8-13-7-3-5-12-13/h3,5,7H,2,4,6,8H2,1H3,(H2,10,11). The number of nitrogens with two attached hydrogens (primary N) is 1. The second kappa shape index (κ2) is 5.35. The molecule has 1 aromatic rings. The van der Waals surface area contributed by atoms with Gasteiger partial charge in [0.15, 0.2) is 0 Å². The van der Waals surface area contributed by atoms with Crippen molar-refractivity contribution in [2.75, 3.05) is 6.54 Å². The molecule has 13 heavy (non-hydrogen) atoms. The van der Waals surface area contributed by atoms with E-state index in [4.69, 9.17) is 5.73 Å². The van der Waals surface area contributed by atoms with Gasteiger partial charge in [-0.1, -0.05) is 6.92 Å². The second-order valence-electron chi connectivity index (χ2n) is 2.89. The molecular formula is C9H16N4. The van der Waals surface area contributed by atoms with Crippen molar-refractivity contribution in [1.29, 1.82) is 0 Å². The van der Waals surface area contributed by atoms with Gasteiger partial charge in [-0.2, -0.15) is 5.10 Å². The molecule has 0 aromatic carbocycles. The van der Waals surface area contributed by atoms with Crippen LogP contribution >= 0.6 is 0 Å². The first-order valence-electron chi connectivity index (χ1n) is 4.59. The fourth-order valence-corrected chi connectivity index (χ4v) is 1.06. The van der Waals surface area contributed by atoms with Crippen LogP contribution in [0.15, 0.2) is 23.5 Å². The van der Waals surface area contributed by atoms with Crippen LogP contribution < -0.4 is 5.73 Å². The first-order valence-corrected chi connectivity index (χ1v) is 4.59. The van der Waals surface area contributed by atoms with Crippen molar-refractivity contribution in [2.24, 2.45) is 10.7 Å². The van der Waals surface area contributed by atoms with E-state index in [-0.39, 0.29) is 0 Å². The number of hydrogen-bond donors (Lipinski definition) is 1. The molecule has 0 fully saturated rings. The Balaban J connectivity index is 2.24. The molecule has 1 rings (SSSR count). The van der Waals surface area contributed by atoms with Gasteiger partial charge in [0.1, 0.15) is 0 Å². The van der Waals surface area contributed by atoms with Gasteiger partial charge in [-0.3, -0.25) is 9.67 Å². The van der Waals surface area contributed by atoms with Crippen molar-refractivity contribution >= 4 is 5.84 Å². The first kappa shape index (κ1) is 9.77. The predicted molar refractivity (Wildman–Crippen MR) is 53.6 cm³/mol. The summed E-state index contributed by atoms with van der Waals surface area (Å²) in [5, 5.41) is 4.07. The van der Waals surface area contributed by atoms with Gasteiger partial charge in [-0.25, -0.2) is 0 Å². The molecule has 2 N–H and O–H groups in total. The van der Waals surface area contributed by atoms with Crippen LogP contribution in [-0.4, -0.2) is 22.2 Å². The van der Waals surface area contributed by atoms with Crippen molar-refractivity contribution in [3.63, 3.8) is 0 Å². The van der Waals surface area contributed by atoms with Crippen molar-refractivity contribution in [3.8, 4) is 0 Å². The fourth-order valence-electron chi connectivity index (χ4n) is 1.06. The van der Waals surface area contributed by atoms with Crippen molar-refractivity contribution in [3.05, 3.63) is 18.5 Å². The maximum absolute atomic E-state index is 5.64. The molecule has 0 spiro atoms. The van der Waals surface area contributed by atoms with Crippen LogP contribution in [0.4, 0.5) is 0 Å². The molecule has 0 atom stereocenters. The summed E-state index contributed by atoms with van der Waals surface area (Å²) < 4.78 is 1.85. The van der Waals surface area contributed by atoms with Gasteiger partial charge >= 0.3 is 0 Å². The Kier molecular flexibility index (Phi) is 4.02. The van der Waals surface area contributed by atoms with Gasteiger partial charge in [0.2, 0.25) is 0 Å². The number of aliphatic imine (C=N–C) groups is 1. The average molecular weight is 180 g/mol. The zero-order chi connectivity index (χ0) is 9.52. The van der Waals surface area contributed by atoms with Crippen LogP contribution in [-0.2, 0) is 6.54 Å². The minimum Gasteiger partial charge on any atom is -0.387 e. The highest BCUT2D eigenvalue weighted by atomic mass is 15.3. The Morgan fingerprint density at radius 3 is 3.08 bits per heavy atom. The summed E-state index contributed by atoms with van der Waals surface area (Å²) in [5.41, 5.74) is 5.64. The van der Waals surface area contributed by atoms with Crippen LogP contribution in [0.1, 0.15) is 19.8 Å². The van der Waals surface area contributed by atoms with E-state index in [1.165, 1.54) is 0 Å². The van der Waals surface area contributed by atoms with E-state index in [9.17, 15) is 0 Å². The summed E-state index contributed by atoms with van der Waals surface area (Å²) in [7, 11) is 0. The second-order valence-corrected chi connectivity index (χ2v) is 2.89. The third kappa shape index (κ3) is 3.73. The first-order chi connectivity index (χ1) is 6.33. The largest absolute Gasteiger partial charge is 0.387 e. The highest BCUT2D eigenvalue weighted by Gasteiger charge is 1.90. The summed E-state index contributed by atoms with van der Waals surface area (Å²) in [6.45, 7) is 3.61. The van der Waals surface area contributed by atoms with Crippen LogP contribution in [0.25, 0.3) is 0 Å². The molecule has 0 saturated carbocycles. The summed E-state index contributed by atoms with van der Waals surface area (Å²) in [4.78, 5) is 4.22. The van der Waals surface area contributed by atoms with E-state index >= 15 is 0 Å². The van der Waals surface area contributed by atoms with E-state index < -0.39 is 0 Å². The Labute approximate surface area is 78.5 Å². The molecule has 4 heteroatoms. The van der Waals surface area contributed by atoms with E-state index in [2.05, 4.69) is 17.0 Å². The quantitative estimate of drug-likeness (QED) is 0.543. The summed E-state index contributed by atoms with van der Waals surface area (Å²) >= 11 is 0. The van der Waals surface area contributed by atoms with Crippen LogP contribution in [0.2, 0.25) is 0 Å². The van der Waals surface area contributed by atoms with E-state index in [0.29, 0.717) is 6.54 Å². The Morgan fingerprint density at radius 2 is 2.46 bits per heavy atom. The molecule has 0 aliphatic rings. The molecule has 4 nitrogen and oxygen atoms in total.